The van der Waals surface area contributed by atoms with E-state index < -0.39 is 0 Å². The van der Waals surface area contributed by atoms with Crippen LogP contribution in [0.5, 0.6) is 11.5 Å². The van der Waals surface area contributed by atoms with Crippen LogP contribution >= 0.6 is 31.9 Å². The SMILES string of the molecule is CCOc1cccc(NCc2cc(Br)c(OC)c(Br)c2)c1. The summed E-state index contributed by atoms with van der Waals surface area (Å²) in [5.41, 5.74) is 2.18. The molecule has 2 aromatic rings. The second kappa shape index (κ2) is 7.71. The molecule has 3 nitrogen and oxygen atoms in total. The summed E-state index contributed by atoms with van der Waals surface area (Å²) in [5.74, 6) is 1.68. The number of ether oxygens (including phenoxy) is 2. The first-order valence-electron chi connectivity index (χ1n) is 6.62. The van der Waals surface area contributed by atoms with Crippen LogP contribution in [0.1, 0.15) is 12.5 Å². The van der Waals surface area contributed by atoms with Gasteiger partial charge in [0.25, 0.3) is 0 Å². The molecule has 21 heavy (non-hydrogen) atoms. The second-order valence-corrected chi connectivity index (χ2v) is 6.12. The molecule has 2 rings (SSSR count). The van der Waals surface area contributed by atoms with E-state index in [9.17, 15) is 0 Å². The Labute approximate surface area is 141 Å². The van der Waals surface area contributed by atoms with E-state index in [-0.39, 0.29) is 0 Å². The van der Waals surface area contributed by atoms with Gasteiger partial charge in [-0.15, -0.1) is 0 Å². The zero-order chi connectivity index (χ0) is 15.2. The van der Waals surface area contributed by atoms with E-state index in [1.807, 2.05) is 43.3 Å². The summed E-state index contributed by atoms with van der Waals surface area (Å²) >= 11 is 7.03. The largest absolute Gasteiger partial charge is 0.494 e. The predicted molar refractivity (Wildman–Crippen MR) is 93.3 cm³/mol. The summed E-state index contributed by atoms with van der Waals surface area (Å²) in [7, 11) is 1.65. The van der Waals surface area contributed by atoms with Crippen LogP contribution in [0.15, 0.2) is 45.3 Å². The molecule has 5 heteroatoms. The molecule has 0 radical (unpaired) electrons. The van der Waals surface area contributed by atoms with E-state index in [0.29, 0.717) is 6.61 Å². The highest BCUT2D eigenvalue weighted by atomic mass is 79.9. The van der Waals surface area contributed by atoms with Crippen molar-refractivity contribution in [1.82, 2.24) is 0 Å². The number of methoxy groups -OCH3 is 1. The Morgan fingerprint density at radius 3 is 2.43 bits per heavy atom. The fourth-order valence-electron chi connectivity index (χ4n) is 1.98. The van der Waals surface area contributed by atoms with Gasteiger partial charge < -0.3 is 14.8 Å². The molecule has 0 saturated heterocycles. The molecule has 0 spiro atoms. The minimum atomic E-state index is 0.668. The Bertz CT molecular complexity index is 594. The quantitative estimate of drug-likeness (QED) is 0.701. The van der Waals surface area contributed by atoms with Gasteiger partial charge in [-0.3, -0.25) is 0 Å². The lowest BCUT2D eigenvalue weighted by Crippen LogP contribution is -2.01. The molecule has 0 aliphatic rings. The Kier molecular flexibility index (Phi) is 5.94. The van der Waals surface area contributed by atoms with Crippen LogP contribution < -0.4 is 14.8 Å². The highest BCUT2D eigenvalue weighted by Crippen LogP contribution is 2.34. The lowest BCUT2D eigenvalue weighted by molar-refractivity contribution is 0.340. The van der Waals surface area contributed by atoms with Gasteiger partial charge in [-0.2, -0.15) is 0 Å². The summed E-state index contributed by atoms with van der Waals surface area (Å²) in [5, 5.41) is 3.39. The maximum Gasteiger partial charge on any atom is 0.147 e. The number of benzene rings is 2. The van der Waals surface area contributed by atoms with Crippen molar-refractivity contribution >= 4 is 37.5 Å². The smallest absolute Gasteiger partial charge is 0.147 e. The van der Waals surface area contributed by atoms with Crippen molar-refractivity contribution < 1.29 is 9.47 Å². The lowest BCUT2D eigenvalue weighted by atomic mass is 10.2. The van der Waals surface area contributed by atoms with Crippen LogP contribution in [0.4, 0.5) is 5.69 Å². The van der Waals surface area contributed by atoms with Gasteiger partial charge in [0.1, 0.15) is 11.5 Å². The van der Waals surface area contributed by atoms with Crippen LogP contribution in [0.3, 0.4) is 0 Å². The number of halogens is 2. The van der Waals surface area contributed by atoms with Crippen molar-refractivity contribution in [2.24, 2.45) is 0 Å². The molecule has 0 atom stereocenters. The fourth-order valence-corrected chi connectivity index (χ4v) is 3.58. The molecule has 0 aliphatic carbocycles. The van der Waals surface area contributed by atoms with Crippen LogP contribution in [0.2, 0.25) is 0 Å². The normalized spacial score (nSPS) is 10.3. The molecule has 0 fully saturated rings. The molecule has 2 aromatic carbocycles. The van der Waals surface area contributed by atoms with Crippen molar-refractivity contribution in [2.45, 2.75) is 13.5 Å². The molecule has 1 N–H and O–H groups in total. The molecule has 112 valence electrons. The maximum atomic E-state index is 5.50. The standard InChI is InChI=1S/C16H17Br2NO2/c1-3-21-13-6-4-5-12(9-13)19-10-11-7-14(17)16(20-2)15(18)8-11/h4-9,19H,3,10H2,1-2H3. The average molecular weight is 415 g/mol. The molecular weight excluding hydrogens is 398 g/mol. The summed E-state index contributed by atoms with van der Waals surface area (Å²) in [6, 6.07) is 12.0. The summed E-state index contributed by atoms with van der Waals surface area (Å²) in [6.07, 6.45) is 0. The van der Waals surface area contributed by atoms with Gasteiger partial charge in [0.15, 0.2) is 0 Å². The van der Waals surface area contributed by atoms with Crippen molar-refractivity contribution in [3.63, 3.8) is 0 Å². The third-order valence-electron chi connectivity index (χ3n) is 2.90. The first kappa shape index (κ1) is 16.2. The van der Waals surface area contributed by atoms with Gasteiger partial charge in [0.05, 0.1) is 22.7 Å². The molecule has 0 unspecified atom stereocenters. The predicted octanol–water partition coefficient (Wildman–Crippen LogP) is 5.23. The van der Waals surface area contributed by atoms with Gasteiger partial charge >= 0.3 is 0 Å². The molecule has 0 amide bonds. The molecule has 0 saturated carbocycles. The number of anilines is 1. The highest BCUT2D eigenvalue weighted by Gasteiger charge is 2.07. The van der Waals surface area contributed by atoms with E-state index in [4.69, 9.17) is 9.47 Å². The molecule has 0 aromatic heterocycles. The minimum Gasteiger partial charge on any atom is -0.494 e. The number of rotatable bonds is 6. The summed E-state index contributed by atoms with van der Waals surface area (Å²) < 4.78 is 12.7. The van der Waals surface area contributed by atoms with Crippen molar-refractivity contribution in [2.75, 3.05) is 19.0 Å². The lowest BCUT2D eigenvalue weighted by Gasteiger charge is -2.12. The first-order chi connectivity index (χ1) is 10.1. The van der Waals surface area contributed by atoms with E-state index in [1.54, 1.807) is 7.11 Å². The van der Waals surface area contributed by atoms with E-state index >= 15 is 0 Å². The van der Waals surface area contributed by atoms with Crippen LogP contribution in [-0.2, 0) is 6.54 Å². The third kappa shape index (κ3) is 4.38. The van der Waals surface area contributed by atoms with Gasteiger partial charge in [-0.1, -0.05) is 6.07 Å². The Balaban J connectivity index is 2.08. The van der Waals surface area contributed by atoms with E-state index in [1.165, 1.54) is 0 Å². The van der Waals surface area contributed by atoms with Crippen molar-refractivity contribution in [1.29, 1.82) is 0 Å². The Morgan fingerprint density at radius 2 is 1.81 bits per heavy atom. The average Bonchev–Trinajstić information content (AvgIpc) is 2.46. The third-order valence-corrected chi connectivity index (χ3v) is 4.08. The fraction of sp³-hybridized carbons (Fsp3) is 0.250. The summed E-state index contributed by atoms with van der Waals surface area (Å²) in [6.45, 7) is 3.37. The van der Waals surface area contributed by atoms with Crippen LogP contribution in [0.25, 0.3) is 0 Å². The monoisotopic (exact) mass is 413 g/mol. The molecule has 0 bridgehead atoms. The Hall–Kier alpha value is -1.20. The van der Waals surface area contributed by atoms with E-state index in [0.717, 1.165) is 38.2 Å². The van der Waals surface area contributed by atoms with Gasteiger partial charge in [-0.05, 0) is 68.6 Å². The first-order valence-corrected chi connectivity index (χ1v) is 8.21. The second-order valence-electron chi connectivity index (χ2n) is 4.41. The zero-order valence-electron chi connectivity index (χ0n) is 12.0. The van der Waals surface area contributed by atoms with Crippen molar-refractivity contribution in [3.05, 3.63) is 50.9 Å². The van der Waals surface area contributed by atoms with Crippen molar-refractivity contribution in [3.8, 4) is 11.5 Å². The van der Waals surface area contributed by atoms with E-state index in [2.05, 4.69) is 37.2 Å². The zero-order valence-corrected chi connectivity index (χ0v) is 15.1. The summed E-state index contributed by atoms with van der Waals surface area (Å²) in [4.78, 5) is 0. The Morgan fingerprint density at radius 1 is 1.10 bits per heavy atom. The topological polar surface area (TPSA) is 30.5 Å². The van der Waals surface area contributed by atoms with Crippen LogP contribution in [0, 0.1) is 0 Å². The number of hydrogen-bond donors (Lipinski definition) is 1. The van der Waals surface area contributed by atoms with Gasteiger partial charge in [0.2, 0.25) is 0 Å². The maximum absolute atomic E-state index is 5.50. The van der Waals surface area contributed by atoms with Gasteiger partial charge in [0, 0.05) is 18.3 Å². The molecule has 0 heterocycles. The number of hydrogen-bond acceptors (Lipinski definition) is 3. The minimum absolute atomic E-state index is 0.668. The van der Waals surface area contributed by atoms with Gasteiger partial charge in [-0.25, -0.2) is 0 Å². The highest BCUT2D eigenvalue weighted by molar-refractivity contribution is 9.11. The van der Waals surface area contributed by atoms with Crippen LogP contribution in [-0.4, -0.2) is 13.7 Å². The molecule has 0 aliphatic heterocycles. The number of nitrogens with one attached hydrogen (secondary N) is 1. The molecular formula is C16H17Br2NO2.